The van der Waals surface area contributed by atoms with Gasteiger partial charge in [-0.3, -0.25) is 9.59 Å². The highest BCUT2D eigenvalue weighted by Crippen LogP contribution is 2.16. The Balaban J connectivity index is 1.87. The minimum atomic E-state index is -0.805. The Morgan fingerprint density at radius 1 is 1.14 bits per heavy atom. The molecular formula is C16H17N3O2S. The molecule has 0 aliphatic heterocycles. The molecule has 2 N–H and O–H groups in total. The van der Waals surface area contributed by atoms with Gasteiger partial charge in [-0.15, -0.1) is 11.3 Å². The minimum Gasteiger partial charge on any atom is -0.318 e. The van der Waals surface area contributed by atoms with Crippen LogP contribution in [-0.2, 0) is 9.59 Å². The molecule has 2 rings (SSSR count). The van der Waals surface area contributed by atoms with Crippen molar-refractivity contribution in [2.24, 2.45) is 5.10 Å². The van der Waals surface area contributed by atoms with Gasteiger partial charge in [0.1, 0.15) is 0 Å². The molecule has 0 radical (unpaired) electrons. The van der Waals surface area contributed by atoms with Gasteiger partial charge in [0.25, 0.3) is 0 Å². The first-order valence-electron chi connectivity index (χ1n) is 6.84. The fourth-order valence-electron chi connectivity index (χ4n) is 1.71. The first kappa shape index (κ1) is 15.9. The molecular weight excluding hydrogens is 298 g/mol. The van der Waals surface area contributed by atoms with Gasteiger partial charge in [-0.2, -0.15) is 5.10 Å². The first-order valence-corrected chi connectivity index (χ1v) is 7.72. The number of nitrogens with one attached hydrogen (secondary N) is 2. The van der Waals surface area contributed by atoms with Crippen LogP contribution < -0.4 is 10.7 Å². The normalized spacial score (nSPS) is 10.9. The van der Waals surface area contributed by atoms with Gasteiger partial charge in [-0.25, -0.2) is 5.43 Å². The number of anilines is 1. The number of hydrazone groups is 1. The number of thiophene rings is 1. The van der Waals surface area contributed by atoms with E-state index in [1.165, 1.54) is 23.1 Å². The fourth-order valence-corrected chi connectivity index (χ4v) is 2.29. The van der Waals surface area contributed by atoms with E-state index >= 15 is 0 Å². The van der Waals surface area contributed by atoms with Crippen LogP contribution in [0.1, 0.15) is 30.2 Å². The second kappa shape index (κ2) is 7.51. The standard InChI is InChI=1S/C16H17N3O2S/c1-11(2)12-5-7-13(8-6-12)18-15(20)16(21)19-17-10-14-4-3-9-22-14/h3-11H,1-2H3,(H,18,20)(H,19,21)/b17-10-. The number of carbonyl (C=O) groups excluding carboxylic acids is 2. The van der Waals surface area contributed by atoms with Gasteiger partial charge in [-0.1, -0.05) is 32.0 Å². The summed E-state index contributed by atoms with van der Waals surface area (Å²) >= 11 is 1.49. The number of amides is 2. The zero-order valence-electron chi connectivity index (χ0n) is 12.4. The minimum absolute atomic E-state index is 0.416. The van der Waals surface area contributed by atoms with Crippen LogP contribution in [0.3, 0.4) is 0 Å². The van der Waals surface area contributed by atoms with Gasteiger partial charge in [0, 0.05) is 10.6 Å². The summed E-state index contributed by atoms with van der Waals surface area (Å²) < 4.78 is 0. The third kappa shape index (κ3) is 4.53. The van der Waals surface area contributed by atoms with Crippen LogP contribution in [0.4, 0.5) is 5.69 Å². The summed E-state index contributed by atoms with van der Waals surface area (Å²) in [5.41, 5.74) is 3.94. The van der Waals surface area contributed by atoms with Crippen molar-refractivity contribution in [1.29, 1.82) is 0 Å². The van der Waals surface area contributed by atoms with Crippen molar-refractivity contribution < 1.29 is 9.59 Å². The molecule has 0 saturated heterocycles. The quantitative estimate of drug-likeness (QED) is 0.517. The summed E-state index contributed by atoms with van der Waals surface area (Å²) in [6.45, 7) is 4.18. The van der Waals surface area contributed by atoms with E-state index in [9.17, 15) is 9.59 Å². The van der Waals surface area contributed by atoms with E-state index in [0.717, 1.165) is 4.88 Å². The van der Waals surface area contributed by atoms with E-state index < -0.39 is 11.8 Å². The zero-order valence-corrected chi connectivity index (χ0v) is 13.2. The van der Waals surface area contributed by atoms with Gasteiger partial charge in [0.05, 0.1) is 6.21 Å². The molecule has 6 heteroatoms. The number of rotatable bonds is 4. The molecule has 0 bridgehead atoms. The van der Waals surface area contributed by atoms with E-state index in [1.54, 1.807) is 12.1 Å². The highest BCUT2D eigenvalue weighted by molar-refractivity contribution is 7.11. The molecule has 0 saturated carbocycles. The molecule has 2 aromatic rings. The summed E-state index contributed by atoms with van der Waals surface area (Å²) in [4.78, 5) is 24.2. The second-order valence-electron chi connectivity index (χ2n) is 4.95. The molecule has 0 unspecified atom stereocenters. The Hall–Kier alpha value is -2.47. The number of hydrogen-bond donors (Lipinski definition) is 2. The third-order valence-corrected chi connectivity index (χ3v) is 3.75. The molecule has 1 heterocycles. The second-order valence-corrected chi connectivity index (χ2v) is 5.92. The Morgan fingerprint density at radius 2 is 1.86 bits per heavy atom. The van der Waals surface area contributed by atoms with E-state index in [1.807, 2.05) is 29.6 Å². The number of benzene rings is 1. The smallest absolute Gasteiger partial charge is 0.318 e. The Bertz CT molecular complexity index is 661. The molecule has 0 atom stereocenters. The Kier molecular flexibility index (Phi) is 5.43. The van der Waals surface area contributed by atoms with Gasteiger partial charge >= 0.3 is 11.8 Å². The first-order chi connectivity index (χ1) is 10.6. The van der Waals surface area contributed by atoms with Crippen LogP contribution in [-0.4, -0.2) is 18.0 Å². The van der Waals surface area contributed by atoms with Crippen molar-refractivity contribution >= 4 is 35.1 Å². The number of carbonyl (C=O) groups is 2. The summed E-state index contributed by atoms with van der Waals surface area (Å²) in [6, 6.07) is 11.1. The number of hydrogen-bond acceptors (Lipinski definition) is 4. The van der Waals surface area contributed by atoms with E-state index in [0.29, 0.717) is 11.6 Å². The highest BCUT2D eigenvalue weighted by Gasteiger charge is 2.12. The van der Waals surface area contributed by atoms with Gasteiger partial charge in [0.2, 0.25) is 0 Å². The zero-order chi connectivity index (χ0) is 15.9. The monoisotopic (exact) mass is 315 g/mol. The van der Waals surface area contributed by atoms with Crippen molar-refractivity contribution in [3.63, 3.8) is 0 Å². The Labute approximate surface area is 133 Å². The van der Waals surface area contributed by atoms with Crippen LogP contribution in [0.5, 0.6) is 0 Å². The van der Waals surface area contributed by atoms with E-state index in [-0.39, 0.29) is 0 Å². The Morgan fingerprint density at radius 3 is 2.45 bits per heavy atom. The topological polar surface area (TPSA) is 70.6 Å². The van der Waals surface area contributed by atoms with Gasteiger partial charge < -0.3 is 5.32 Å². The van der Waals surface area contributed by atoms with E-state index in [2.05, 4.69) is 29.7 Å². The molecule has 114 valence electrons. The lowest BCUT2D eigenvalue weighted by Gasteiger charge is -2.07. The van der Waals surface area contributed by atoms with Crippen LogP contribution in [0.15, 0.2) is 46.9 Å². The molecule has 0 aliphatic carbocycles. The maximum atomic E-state index is 11.7. The molecule has 1 aromatic carbocycles. The summed E-state index contributed by atoms with van der Waals surface area (Å²) in [5.74, 6) is -1.14. The summed E-state index contributed by atoms with van der Waals surface area (Å²) in [7, 11) is 0. The van der Waals surface area contributed by atoms with Gasteiger partial charge in [-0.05, 0) is 35.1 Å². The summed E-state index contributed by atoms with van der Waals surface area (Å²) in [5, 5.41) is 8.17. The van der Waals surface area contributed by atoms with Crippen molar-refractivity contribution in [3.8, 4) is 0 Å². The summed E-state index contributed by atoms with van der Waals surface area (Å²) in [6.07, 6.45) is 1.49. The third-order valence-electron chi connectivity index (χ3n) is 2.94. The van der Waals surface area contributed by atoms with Crippen molar-refractivity contribution in [2.75, 3.05) is 5.32 Å². The molecule has 1 aromatic heterocycles. The van der Waals surface area contributed by atoms with Crippen LogP contribution in [0.2, 0.25) is 0 Å². The maximum Gasteiger partial charge on any atom is 0.329 e. The van der Waals surface area contributed by atoms with Crippen LogP contribution in [0, 0.1) is 0 Å². The SMILES string of the molecule is CC(C)c1ccc(NC(=O)C(=O)N/N=C\c2cccs2)cc1. The molecule has 0 fully saturated rings. The lowest BCUT2D eigenvalue weighted by atomic mass is 10.0. The predicted octanol–water partition coefficient (Wildman–Crippen LogP) is 2.96. The molecule has 0 aliphatic rings. The molecule has 2 amide bonds. The lowest BCUT2D eigenvalue weighted by molar-refractivity contribution is -0.136. The average Bonchev–Trinajstić information content (AvgIpc) is 3.01. The molecule has 5 nitrogen and oxygen atoms in total. The van der Waals surface area contributed by atoms with Crippen molar-refractivity contribution in [2.45, 2.75) is 19.8 Å². The lowest BCUT2D eigenvalue weighted by Crippen LogP contribution is -2.32. The van der Waals surface area contributed by atoms with Crippen LogP contribution in [0.25, 0.3) is 0 Å². The maximum absolute atomic E-state index is 11.7. The van der Waals surface area contributed by atoms with Crippen molar-refractivity contribution in [3.05, 3.63) is 52.2 Å². The number of nitrogens with zero attached hydrogens (tertiary/aromatic N) is 1. The largest absolute Gasteiger partial charge is 0.329 e. The molecule has 22 heavy (non-hydrogen) atoms. The van der Waals surface area contributed by atoms with Crippen LogP contribution >= 0.6 is 11.3 Å². The van der Waals surface area contributed by atoms with Gasteiger partial charge in [0.15, 0.2) is 0 Å². The molecule has 0 spiro atoms. The van der Waals surface area contributed by atoms with Crippen molar-refractivity contribution in [1.82, 2.24) is 5.43 Å². The fraction of sp³-hybridized carbons (Fsp3) is 0.188. The predicted molar refractivity (Wildman–Crippen MR) is 89.2 cm³/mol. The average molecular weight is 315 g/mol. The van der Waals surface area contributed by atoms with E-state index in [4.69, 9.17) is 0 Å². The highest BCUT2D eigenvalue weighted by atomic mass is 32.1.